The number of pyridine rings is 1. The van der Waals surface area contributed by atoms with Crippen molar-refractivity contribution in [2.24, 2.45) is 0 Å². The normalized spacial score (nSPS) is 14.4. The van der Waals surface area contributed by atoms with Gasteiger partial charge in [-0.2, -0.15) is 0 Å². The number of rotatable bonds is 5. The number of furan rings is 1. The van der Waals surface area contributed by atoms with Crippen LogP contribution in [-0.2, 0) is 22.5 Å². The number of aromatic nitrogens is 1. The van der Waals surface area contributed by atoms with E-state index in [1.54, 1.807) is 12.5 Å². The minimum absolute atomic E-state index is 0.0299. The summed E-state index contributed by atoms with van der Waals surface area (Å²) in [6.07, 6.45) is 3.77. The van der Waals surface area contributed by atoms with Crippen LogP contribution in [0.4, 0.5) is 5.82 Å². The molecule has 1 aliphatic rings. The Labute approximate surface area is 164 Å². The van der Waals surface area contributed by atoms with E-state index in [4.69, 9.17) is 9.15 Å². The second-order valence-electron chi connectivity index (χ2n) is 7.23. The fourth-order valence-electron chi connectivity index (χ4n) is 3.53. The molecule has 0 bridgehead atoms. The van der Waals surface area contributed by atoms with Crippen LogP contribution in [0, 0.1) is 13.8 Å². The number of fused-ring (bicyclic) bond motifs is 1. The largest absolute Gasteiger partial charge is 0.464 e. The van der Waals surface area contributed by atoms with E-state index < -0.39 is 0 Å². The van der Waals surface area contributed by atoms with Crippen LogP contribution in [0.1, 0.15) is 22.3 Å². The predicted octanol–water partition coefficient (Wildman–Crippen LogP) is 3.14. The van der Waals surface area contributed by atoms with Gasteiger partial charge < -0.3 is 19.4 Å². The number of ether oxygens (including phenoxy) is 1. The van der Waals surface area contributed by atoms with Crippen LogP contribution in [0.15, 0.2) is 41.1 Å². The Balaban J connectivity index is 1.44. The van der Waals surface area contributed by atoms with Gasteiger partial charge in [-0.1, -0.05) is 6.07 Å². The first-order valence-corrected chi connectivity index (χ1v) is 9.62. The molecular weight excluding hydrogens is 354 g/mol. The zero-order chi connectivity index (χ0) is 19.5. The summed E-state index contributed by atoms with van der Waals surface area (Å²) in [4.78, 5) is 19.3. The monoisotopic (exact) mass is 379 g/mol. The van der Waals surface area contributed by atoms with E-state index in [1.165, 1.54) is 11.1 Å². The number of carbonyl (C=O) groups is 1. The molecule has 1 aromatic carbocycles. The van der Waals surface area contributed by atoms with Crippen LogP contribution in [0.5, 0.6) is 0 Å². The lowest BCUT2D eigenvalue weighted by Gasteiger charge is -2.29. The molecule has 0 saturated carbocycles. The Morgan fingerprint density at radius 1 is 1.18 bits per heavy atom. The molecule has 6 nitrogen and oxygen atoms in total. The molecule has 28 heavy (non-hydrogen) atoms. The maximum atomic E-state index is 12.6. The van der Waals surface area contributed by atoms with Gasteiger partial charge in [0.05, 0.1) is 25.9 Å². The van der Waals surface area contributed by atoms with E-state index in [0.717, 1.165) is 41.0 Å². The maximum Gasteiger partial charge on any atom is 0.224 e. The molecule has 0 spiro atoms. The number of hydrogen-bond donors (Lipinski definition) is 1. The molecule has 0 atom stereocenters. The molecule has 1 amide bonds. The molecule has 4 rings (SSSR count). The Bertz CT molecular complexity index is 990. The molecule has 2 aromatic heterocycles. The van der Waals surface area contributed by atoms with Crippen molar-refractivity contribution >= 4 is 22.7 Å². The average molecular weight is 379 g/mol. The zero-order valence-electron chi connectivity index (χ0n) is 16.3. The van der Waals surface area contributed by atoms with Crippen LogP contribution in [0.25, 0.3) is 11.0 Å². The third kappa shape index (κ3) is 3.87. The number of morpholine rings is 1. The van der Waals surface area contributed by atoms with Gasteiger partial charge in [0.25, 0.3) is 0 Å². The lowest BCUT2D eigenvalue weighted by atomic mass is 10.0. The van der Waals surface area contributed by atoms with Crippen molar-refractivity contribution in [3.8, 4) is 0 Å². The highest BCUT2D eigenvalue weighted by molar-refractivity contribution is 5.88. The summed E-state index contributed by atoms with van der Waals surface area (Å²) in [6, 6.07) is 8.03. The summed E-state index contributed by atoms with van der Waals surface area (Å²) >= 11 is 0. The highest BCUT2D eigenvalue weighted by Crippen LogP contribution is 2.25. The molecular formula is C22H25N3O3. The van der Waals surface area contributed by atoms with Crippen molar-refractivity contribution < 1.29 is 13.9 Å². The highest BCUT2D eigenvalue weighted by Gasteiger charge is 2.17. The first-order chi connectivity index (χ1) is 13.6. The topological polar surface area (TPSA) is 67.6 Å². The van der Waals surface area contributed by atoms with Crippen molar-refractivity contribution in [2.45, 2.75) is 26.8 Å². The molecule has 1 saturated heterocycles. The van der Waals surface area contributed by atoms with Gasteiger partial charge in [0.1, 0.15) is 11.4 Å². The van der Waals surface area contributed by atoms with Crippen molar-refractivity contribution in [1.82, 2.24) is 10.3 Å². The number of carbonyl (C=O) groups excluding carboxylic acids is 1. The molecule has 0 aliphatic carbocycles. The lowest BCUT2D eigenvalue weighted by Crippen LogP contribution is -2.38. The number of aryl methyl sites for hydroxylation is 2. The summed E-state index contributed by atoms with van der Waals surface area (Å²) < 4.78 is 11.1. The summed E-state index contributed by atoms with van der Waals surface area (Å²) in [5.74, 6) is 0.892. The SMILES string of the molecule is Cc1cc2occ(CC(=O)NCc3cccnc3N3CCOCC3)c2cc1C. The Morgan fingerprint density at radius 2 is 1.96 bits per heavy atom. The highest BCUT2D eigenvalue weighted by atomic mass is 16.5. The maximum absolute atomic E-state index is 12.6. The first kappa shape index (κ1) is 18.5. The number of anilines is 1. The molecule has 3 aromatic rings. The van der Waals surface area contributed by atoms with Gasteiger partial charge in [0.15, 0.2) is 0 Å². The van der Waals surface area contributed by atoms with E-state index in [-0.39, 0.29) is 5.91 Å². The van der Waals surface area contributed by atoms with Gasteiger partial charge in [-0.15, -0.1) is 0 Å². The van der Waals surface area contributed by atoms with Gasteiger partial charge >= 0.3 is 0 Å². The molecule has 6 heteroatoms. The number of benzene rings is 1. The third-order valence-corrected chi connectivity index (χ3v) is 5.28. The van der Waals surface area contributed by atoms with E-state index in [2.05, 4.69) is 35.1 Å². The number of amides is 1. The van der Waals surface area contributed by atoms with Crippen LogP contribution in [-0.4, -0.2) is 37.2 Å². The standard InChI is InChI=1S/C22H25N3O3/c1-15-10-19-18(14-28-20(19)11-16(15)2)12-21(26)24-13-17-4-3-5-23-22(17)25-6-8-27-9-7-25/h3-5,10-11,14H,6-9,12-13H2,1-2H3,(H,24,26). The Kier molecular flexibility index (Phi) is 5.30. The number of hydrogen-bond acceptors (Lipinski definition) is 5. The fourth-order valence-corrected chi connectivity index (χ4v) is 3.53. The lowest BCUT2D eigenvalue weighted by molar-refractivity contribution is -0.120. The first-order valence-electron chi connectivity index (χ1n) is 9.62. The summed E-state index contributed by atoms with van der Waals surface area (Å²) in [5.41, 5.74) is 5.13. The van der Waals surface area contributed by atoms with Gasteiger partial charge in [-0.25, -0.2) is 4.98 Å². The van der Waals surface area contributed by atoms with E-state index >= 15 is 0 Å². The molecule has 0 radical (unpaired) electrons. The van der Waals surface area contributed by atoms with Crippen molar-refractivity contribution in [3.63, 3.8) is 0 Å². The minimum atomic E-state index is -0.0299. The van der Waals surface area contributed by atoms with Crippen LogP contribution in [0.3, 0.4) is 0 Å². The molecule has 1 fully saturated rings. The molecule has 146 valence electrons. The minimum Gasteiger partial charge on any atom is -0.464 e. The Hall–Kier alpha value is -2.86. The third-order valence-electron chi connectivity index (χ3n) is 5.28. The summed E-state index contributed by atoms with van der Waals surface area (Å²) in [5, 5.41) is 4.04. The average Bonchev–Trinajstić information content (AvgIpc) is 3.09. The zero-order valence-corrected chi connectivity index (χ0v) is 16.3. The molecule has 0 unspecified atom stereocenters. The second kappa shape index (κ2) is 8.02. The van der Waals surface area contributed by atoms with E-state index in [1.807, 2.05) is 18.2 Å². The van der Waals surface area contributed by atoms with Gasteiger partial charge in [-0.05, 0) is 43.2 Å². The van der Waals surface area contributed by atoms with Gasteiger partial charge in [-0.3, -0.25) is 4.79 Å². The number of nitrogens with one attached hydrogen (secondary N) is 1. The second-order valence-corrected chi connectivity index (χ2v) is 7.23. The quantitative estimate of drug-likeness (QED) is 0.738. The van der Waals surface area contributed by atoms with Gasteiger partial charge in [0.2, 0.25) is 5.91 Å². The van der Waals surface area contributed by atoms with E-state index in [9.17, 15) is 4.79 Å². The van der Waals surface area contributed by atoms with Crippen LogP contribution in [0.2, 0.25) is 0 Å². The van der Waals surface area contributed by atoms with Crippen molar-refractivity contribution in [1.29, 1.82) is 0 Å². The predicted molar refractivity (Wildman–Crippen MR) is 109 cm³/mol. The van der Waals surface area contributed by atoms with Gasteiger partial charge in [0, 0.05) is 42.3 Å². The fraction of sp³-hybridized carbons (Fsp3) is 0.364. The Morgan fingerprint density at radius 3 is 2.79 bits per heavy atom. The summed E-state index contributed by atoms with van der Waals surface area (Å²) in [7, 11) is 0. The van der Waals surface area contributed by atoms with Crippen molar-refractivity contribution in [2.75, 3.05) is 31.2 Å². The van der Waals surface area contributed by atoms with Crippen molar-refractivity contribution in [3.05, 3.63) is 59.0 Å². The van der Waals surface area contributed by atoms with Crippen LogP contribution >= 0.6 is 0 Å². The summed E-state index contributed by atoms with van der Waals surface area (Å²) in [6.45, 7) is 7.62. The number of nitrogens with zero attached hydrogens (tertiary/aromatic N) is 2. The molecule has 1 aliphatic heterocycles. The van der Waals surface area contributed by atoms with Crippen LogP contribution < -0.4 is 10.2 Å². The molecule has 3 heterocycles. The van der Waals surface area contributed by atoms with E-state index in [0.29, 0.717) is 26.2 Å². The smallest absolute Gasteiger partial charge is 0.224 e. The molecule has 1 N–H and O–H groups in total.